The van der Waals surface area contributed by atoms with Gasteiger partial charge in [0.15, 0.2) is 0 Å². The van der Waals surface area contributed by atoms with E-state index in [1.54, 1.807) is 13.1 Å². The summed E-state index contributed by atoms with van der Waals surface area (Å²) in [5, 5.41) is 11.8. The molecule has 0 saturated carbocycles. The van der Waals surface area contributed by atoms with Crippen molar-refractivity contribution in [3.8, 4) is 0 Å². The van der Waals surface area contributed by atoms with Gasteiger partial charge < -0.3 is 21.1 Å². The standard InChI is InChI=1S/C11H18N4O3/c1-2-8(16)4-10(17)15-9(11(12)18)3-7-5-13-6-14-7/h5-6,8-9,16H,2-4H2,1H3,(H2,12,18)(H,13,14)(H,15,17)/t8?,9-/m0/s1. The van der Waals surface area contributed by atoms with E-state index in [2.05, 4.69) is 15.3 Å². The Morgan fingerprint density at radius 3 is 2.83 bits per heavy atom. The fourth-order valence-electron chi connectivity index (χ4n) is 1.45. The summed E-state index contributed by atoms with van der Waals surface area (Å²) < 4.78 is 0. The van der Waals surface area contributed by atoms with Crippen LogP contribution < -0.4 is 11.1 Å². The van der Waals surface area contributed by atoms with Crippen molar-refractivity contribution in [1.29, 1.82) is 0 Å². The number of hydrogen-bond acceptors (Lipinski definition) is 4. The molecule has 0 aliphatic carbocycles. The number of primary amides is 1. The number of carbonyl (C=O) groups excluding carboxylic acids is 2. The van der Waals surface area contributed by atoms with Crippen LogP contribution in [0.2, 0.25) is 0 Å². The average Bonchev–Trinajstić information content (AvgIpc) is 2.80. The van der Waals surface area contributed by atoms with Gasteiger partial charge in [0, 0.05) is 18.3 Å². The molecule has 0 aromatic carbocycles. The number of aliphatic hydroxyl groups is 1. The average molecular weight is 254 g/mol. The van der Waals surface area contributed by atoms with Gasteiger partial charge in [0.2, 0.25) is 11.8 Å². The van der Waals surface area contributed by atoms with Crippen molar-refractivity contribution in [2.45, 2.75) is 38.3 Å². The molecule has 0 aliphatic heterocycles. The van der Waals surface area contributed by atoms with E-state index >= 15 is 0 Å². The molecule has 2 amide bonds. The Bertz CT molecular complexity index is 391. The molecule has 1 heterocycles. The lowest BCUT2D eigenvalue weighted by atomic mass is 10.1. The molecular weight excluding hydrogens is 236 g/mol. The first kappa shape index (κ1) is 14.2. The highest BCUT2D eigenvalue weighted by Crippen LogP contribution is 2.01. The predicted octanol–water partition coefficient (Wildman–Crippen LogP) is -0.917. The number of imidazole rings is 1. The summed E-state index contributed by atoms with van der Waals surface area (Å²) in [5.74, 6) is -1.02. The third-order valence-electron chi connectivity index (χ3n) is 2.55. The van der Waals surface area contributed by atoms with E-state index in [1.165, 1.54) is 6.33 Å². The molecule has 0 radical (unpaired) electrons. The van der Waals surface area contributed by atoms with Crippen LogP contribution in [0.1, 0.15) is 25.5 Å². The molecule has 0 bridgehead atoms. The molecule has 1 unspecified atom stereocenters. The van der Waals surface area contributed by atoms with E-state index < -0.39 is 24.0 Å². The van der Waals surface area contributed by atoms with Crippen LogP contribution in [-0.2, 0) is 16.0 Å². The van der Waals surface area contributed by atoms with Crippen molar-refractivity contribution >= 4 is 11.8 Å². The number of nitrogens with one attached hydrogen (secondary N) is 2. The lowest BCUT2D eigenvalue weighted by molar-refractivity contribution is -0.128. The van der Waals surface area contributed by atoms with Crippen molar-refractivity contribution in [1.82, 2.24) is 15.3 Å². The van der Waals surface area contributed by atoms with Gasteiger partial charge in [0.1, 0.15) is 6.04 Å². The molecule has 1 rings (SSSR count). The fraction of sp³-hybridized carbons (Fsp3) is 0.545. The minimum atomic E-state index is -0.804. The Kier molecular flexibility index (Phi) is 5.31. The van der Waals surface area contributed by atoms with Crippen LogP contribution in [-0.4, -0.2) is 39.0 Å². The lowest BCUT2D eigenvalue weighted by Gasteiger charge is -2.15. The number of nitrogens with zero attached hydrogens (tertiary/aromatic N) is 1. The molecule has 5 N–H and O–H groups in total. The van der Waals surface area contributed by atoms with Gasteiger partial charge in [0.25, 0.3) is 0 Å². The largest absolute Gasteiger partial charge is 0.393 e. The SMILES string of the molecule is CCC(O)CC(=O)N[C@@H](Cc1cnc[nH]1)C(N)=O. The Morgan fingerprint density at radius 2 is 2.33 bits per heavy atom. The van der Waals surface area contributed by atoms with Gasteiger partial charge in [-0.05, 0) is 6.42 Å². The topological polar surface area (TPSA) is 121 Å². The van der Waals surface area contributed by atoms with E-state index in [-0.39, 0.29) is 12.8 Å². The third kappa shape index (κ3) is 4.54. The van der Waals surface area contributed by atoms with E-state index in [0.29, 0.717) is 12.1 Å². The lowest BCUT2D eigenvalue weighted by Crippen LogP contribution is -2.46. The van der Waals surface area contributed by atoms with Gasteiger partial charge >= 0.3 is 0 Å². The molecule has 1 aromatic heterocycles. The second-order valence-electron chi connectivity index (χ2n) is 4.07. The highest BCUT2D eigenvalue weighted by atomic mass is 16.3. The fourth-order valence-corrected chi connectivity index (χ4v) is 1.45. The van der Waals surface area contributed by atoms with Crippen LogP contribution in [0.4, 0.5) is 0 Å². The highest BCUT2D eigenvalue weighted by molar-refractivity contribution is 5.86. The molecule has 7 nitrogen and oxygen atoms in total. The Balaban J connectivity index is 2.53. The smallest absolute Gasteiger partial charge is 0.240 e. The number of aromatic nitrogens is 2. The van der Waals surface area contributed by atoms with Gasteiger partial charge in [0.05, 0.1) is 18.9 Å². The first-order valence-corrected chi connectivity index (χ1v) is 5.77. The summed E-state index contributed by atoms with van der Waals surface area (Å²) in [5.41, 5.74) is 5.92. The number of hydrogen-bond donors (Lipinski definition) is 4. The van der Waals surface area contributed by atoms with Crippen LogP contribution in [0.3, 0.4) is 0 Å². The zero-order valence-electron chi connectivity index (χ0n) is 10.2. The molecule has 2 atom stereocenters. The first-order chi connectivity index (χ1) is 8.52. The maximum Gasteiger partial charge on any atom is 0.240 e. The minimum absolute atomic E-state index is 0.0384. The maximum absolute atomic E-state index is 11.6. The molecular formula is C11H18N4O3. The van der Waals surface area contributed by atoms with Crippen LogP contribution >= 0.6 is 0 Å². The van der Waals surface area contributed by atoms with Crippen molar-refractivity contribution in [2.75, 3.05) is 0 Å². The summed E-state index contributed by atoms with van der Waals surface area (Å²) in [7, 11) is 0. The van der Waals surface area contributed by atoms with Gasteiger partial charge in [-0.3, -0.25) is 9.59 Å². The number of rotatable bonds is 7. The number of amides is 2. The van der Waals surface area contributed by atoms with E-state index in [9.17, 15) is 14.7 Å². The van der Waals surface area contributed by atoms with Crippen molar-refractivity contribution < 1.29 is 14.7 Å². The molecule has 7 heteroatoms. The monoisotopic (exact) mass is 254 g/mol. The zero-order valence-corrected chi connectivity index (χ0v) is 10.2. The van der Waals surface area contributed by atoms with Gasteiger partial charge in [-0.25, -0.2) is 4.98 Å². The number of aromatic amines is 1. The molecule has 0 spiro atoms. The maximum atomic E-state index is 11.6. The summed E-state index contributed by atoms with van der Waals surface area (Å²) in [6.07, 6.45) is 3.03. The predicted molar refractivity (Wildman–Crippen MR) is 64.3 cm³/mol. The summed E-state index contributed by atoms with van der Waals surface area (Å²) >= 11 is 0. The third-order valence-corrected chi connectivity index (χ3v) is 2.55. The van der Waals surface area contributed by atoms with Gasteiger partial charge in [-0.1, -0.05) is 6.92 Å². The first-order valence-electron chi connectivity index (χ1n) is 5.77. The van der Waals surface area contributed by atoms with Crippen molar-refractivity contribution in [3.63, 3.8) is 0 Å². The number of H-pyrrole nitrogens is 1. The second kappa shape index (κ2) is 6.75. The van der Waals surface area contributed by atoms with E-state index in [1.807, 2.05) is 0 Å². The Morgan fingerprint density at radius 1 is 1.61 bits per heavy atom. The summed E-state index contributed by atoms with van der Waals surface area (Å²) in [6, 6.07) is -0.804. The van der Waals surface area contributed by atoms with Crippen molar-refractivity contribution in [2.24, 2.45) is 5.73 Å². The summed E-state index contributed by atoms with van der Waals surface area (Å²) in [4.78, 5) is 29.4. The van der Waals surface area contributed by atoms with Crippen molar-refractivity contribution in [3.05, 3.63) is 18.2 Å². The van der Waals surface area contributed by atoms with Gasteiger partial charge in [-0.15, -0.1) is 0 Å². The highest BCUT2D eigenvalue weighted by Gasteiger charge is 2.20. The van der Waals surface area contributed by atoms with Crippen LogP contribution in [0.15, 0.2) is 12.5 Å². The number of nitrogens with two attached hydrogens (primary N) is 1. The molecule has 0 fully saturated rings. The molecule has 0 saturated heterocycles. The Hall–Kier alpha value is -1.89. The second-order valence-corrected chi connectivity index (χ2v) is 4.07. The summed E-state index contributed by atoms with van der Waals surface area (Å²) in [6.45, 7) is 1.77. The zero-order chi connectivity index (χ0) is 13.5. The Labute approximate surface area is 105 Å². The van der Waals surface area contributed by atoms with E-state index in [4.69, 9.17) is 5.73 Å². The molecule has 18 heavy (non-hydrogen) atoms. The quantitative estimate of drug-likeness (QED) is 0.503. The molecule has 100 valence electrons. The van der Waals surface area contributed by atoms with E-state index in [0.717, 1.165) is 0 Å². The number of carbonyl (C=O) groups is 2. The minimum Gasteiger partial charge on any atom is -0.393 e. The van der Waals surface area contributed by atoms with Gasteiger partial charge in [-0.2, -0.15) is 0 Å². The number of aliphatic hydroxyl groups excluding tert-OH is 1. The normalized spacial score (nSPS) is 13.9. The molecule has 0 aliphatic rings. The van der Waals surface area contributed by atoms with Crippen LogP contribution in [0, 0.1) is 0 Å². The molecule has 1 aromatic rings. The van der Waals surface area contributed by atoms with Crippen LogP contribution in [0.25, 0.3) is 0 Å². The van der Waals surface area contributed by atoms with Crippen LogP contribution in [0.5, 0.6) is 0 Å².